The second kappa shape index (κ2) is 10.00. The van der Waals surface area contributed by atoms with E-state index in [1.807, 2.05) is 29.2 Å². The Hall–Kier alpha value is -3.80. The maximum absolute atomic E-state index is 13.6. The van der Waals surface area contributed by atoms with Gasteiger partial charge in [0.15, 0.2) is 0 Å². The number of piperidine rings is 1. The van der Waals surface area contributed by atoms with E-state index in [0.29, 0.717) is 30.8 Å². The molecule has 1 saturated heterocycles. The maximum Gasteiger partial charge on any atom is 0.254 e. The third-order valence-corrected chi connectivity index (χ3v) is 6.18. The van der Waals surface area contributed by atoms with E-state index in [-0.39, 0.29) is 17.8 Å². The van der Waals surface area contributed by atoms with Gasteiger partial charge in [-0.15, -0.1) is 0 Å². The average Bonchev–Trinajstić information content (AvgIpc) is 3.33. The fourth-order valence-electron chi connectivity index (χ4n) is 4.52. The zero-order valence-electron chi connectivity index (χ0n) is 18.9. The van der Waals surface area contributed by atoms with Gasteiger partial charge in [-0.3, -0.25) is 9.78 Å². The molecule has 34 heavy (non-hydrogen) atoms. The standard InChI is InChI=1S/C28H26FN3O2/c29-23-10-6-9-21(15-23)16-24-18-22(12-13-30-24)28(33)32-14-5-4-11-26(32)27-31-19-25(34-27)17-20-7-2-1-3-8-20/h1-3,6-10,12-13,15,18-19,26H,4-5,11,14,16-17H2. The summed E-state index contributed by atoms with van der Waals surface area (Å²) in [5.74, 6) is 1.04. The molecule has 0 aliphatic carbocycles. The highest BCUT2D eigenvalue weighted by molar-refractivity contribution is 5.94. The molecule has 1 aliphatic heterocycles. The molecule has 0 saturated carbocycles. The van der Waals surface area contributed by atoms with E-state index in [0.717, 1.165) is 41.8 Å². The Bertz CT molecular complexity index is 1270. The van der Waals surface area contributed by atoms with Crippen LogP contribution in [0.1, 0.15) is 64.1 Å². The molecule has 6 heteroatoms. The second-order valence-electron chi connectivity index (χ2n) is 8.68. The zero-order valence-corrected chi connectivity index (χ0v) is 18.9. The normalized spacial score (nSPS) is 15.9. The summed E-state index contributed by atoms with van der Waals surface area (Å²) in [6, 6.07) is 19.9. The molecule has 0 spiro atoms. The van der Waals surface area contributed by atoms with Crippen molar-refractivity contribution < 1.29 is 13.6 Å². The first kappa shape index (κ1) is 22.0. The van der Waals surface area contributed by atoms with Crippen molar-refractivity contribution in [2.45, 2.75) is 38.1 Å². The fourth-order valence-corrected chi connectivity index (χ4v) is 4.52. The van der Waals surface area contributed by atoms with Crippen LogP contribution in [0.4, 0.5) is 4.39 Å². The number of amides is 1. The van der Waals surface area contributed by atoms with Gasteiger partial charge in [0.1, 0.15) is 17.6 Å². The number of nitrogens with zero attached hydrogens (tertiary/aromatic N) is 3. The van der Waals surface area contributed by atoms with Crippen molar-refractivity contribution in [1.82, 2.24) is 14.9 Å². The molecule has 0 N–H and O–H groups in total. The summed E-state index contributed by atoms with van der Waals surface area (Å²) < 4.78 is 19.7. The minimum absolute atomic E-state index is 0.0598. The third kappa shape index (κ3) is 5.06. The first-order valence-electron chi connectivity index (χ1n) is 11.6. The molecular weight excluding hydrogens is 429 g/mol. The number of halogens is 1. The van der Waals surface area contributed by atoms with Crippen molar-refractivity contribution in [3.05, 3.63) is 119 Å². The monoisotopic (exact) mass is 455 g/mol. The van der Waals surface area contributed by atoms with Gasteiger partial charge in [0.2, 0.25) is 5.89 Å². The van der Waals surface area contributed by atoms with Crippen LogP contribution >= 0.6 is 0 Å². The number of carbonyl (C=O) groups is 1. The van der Waals surface area contributed by atoms with Crippen molar-refractivity contribution >= 4 is 5.91 Å². The molecule has 1 unspecified atom stereocenters. The molecule has 4 aromatic rings. The molecule has 2 aromatic heterocycles. The SMILES string of the molecule is O=C(c1ccnc(Cc2cccc(F)c2)c1)N1CCCCC1c1ncc(Cc2ccccc2)o1. The van der Waals surface area contributed by atoms with Gasteiger partial charge in [0.25, 0.3) is 5.91 Å². The van der Waals surface area contributed by atoms with Gasteiger partial charge >= 0.3 is 0 Å². The number of rotatable bonds is 6. The van der Waals surface area contributed by atoms with Crippen molar-refractivity contribution in [3.8, 4) is 0 Å². The first-order valence-corrected chi connectivity index (χ1v) is 11.6. The highest BCUT2D eigenvalue weighted by Gasteiger charge is 2.32. The largest absolute Gasteiger partial charge is 0.443 e. The van der Waals surface area contributed by atoms with Gasteiger partial charge < -0.3 is 9.32 Å². The number of oxazole rings is 1. The lowest BCUT2D eigenvalue weighted by Gasteiger charge is -2.34. The van der Waals surface area contributed by atoms with Gasteiger partial charge in [0, 0.05) is 36.8 Å². The summed E-state index contributed by atoms with van der Waals surface area (Å²) in [7, 11) is 0. The van der Waals surface area contributed by atoms with Crippen molar-refractivity contribution in [1.29, 1.82) is 0 Å². The number of aromatic nitrogens is 2. The van der Waals surface area contributed by atoms with Crippen LogP contribution in [-0.2, 0) is 12.8 Å². The Morgan fingerprint density at radius 3 is 2.68 bits per heavy atom. The highest BCUT2D eigenvalue weighted by Crippen LogP contribution is 2.32. The van der Waals surface area contributed by atoms with Gasteiger partial charge in [-0.1, -0.05) is 42.5 Å². The molecule has 5 rings (SSSR count). The summed E-state index contributed by atoms with van der Waals surface area (Å²) in [4.78, 5) is 24.3. The Morgan fingerprint density at radius 2 is 1.82 bits per heavy atom. The Kier molecular flexibility index (Phi) is 6.47. The molecule has 1 amide bonds. The van der Waals surface area contributed by atoms with Crippen LogP contribution in [0.3, 0.4) is 0 Å². The van der Waals surface area contributed by atoms with Crippen molar-refractivity contribution in [2.24, 2.45) is 0 Å². The average molecular weight is 456 g/mol. The molecule has 5 nitrogen and oxygen atoms in total. The summed E-state index contributed by atoms with van der Waals surface area (Å²) in [5, 5.41) is 0. The molecular formula is C28H26FN3O2. The lowest BCUT2D eigenvalue weighted by Crippen LogP contribution is -2.38. The third-order valence-electron chi connectivity index (χ3n) is 6.18. The number of benzene rings is 2. The van der Waals surface area contributed by atoms with E-state index in [4.69, 9.17) is 4.42 Å². The number of carbonyl (C=O) groups excluding carboxylic acids is 1. The van der Waals surface area contributed by atoms with Gasteiger partial charge in [-0.05, 0) is 54.7 Å². The van der Waals surface area contributed by atoms with Crippen LogP contribution in [0.2, 0.25) is 0 Å². The minimum atomic E-state index is -0.279. The molecule has 0 radical (unpaired) electrons. The number of pyridine rings is 1. The molecule has 3 heterocycles. The molecule has 2 aromatic carbocycles. The quantitative estimate of drug-likeness (QED) is 0.371. The second-order valence-corrected chi connectivity index (χ2v) is 8.68. The van der Waals surface area contributed by atoms with Crippen LogP contribution < -0.4 is 0 Å². The predicted molar refractivity (Wildman–Crippen MR) is 127 cm³/mol. The van der Waals surface area contributed by atoms with Crippen LogP contribution in [0.5, 0.6) is 0 Å². The molecule has 1 aliphatic rings. The Morgan fingerprint density at radius 1 is 0.971 bits per heavy atom. The molecule has 172 valence electrons. The summed E-state index contributed by atoms with van der Waals surface area (Å²) in [6.07, 6.45) is 7.32. The van der Waals surface area contributed by atoms with Crippen LogP contribution in [0, 0.1) is 5.82 Å². The minimum Gasteiger partial charge on any atom is -0.443 e. The summed E-state index contributed by atoms with van der Waals surface area (Å²) >= 11 is 0. The number of likely N-dealkylation sites (tertiary alicyclic amines) is 1. The van der Waals surface area contributed by atoms with Gasteiger partial charge in [-0.25, -0.2) is 9.37 Å². The van der Waals surface area contributed by atoms with E-state index in [2.05, 4.69) is 22.1 Å². The zero-order chi connectivity index (χ0) is 23.3. The van der Waals surface area contributed by atoms with Crippen molar-refractivity contribution in [3.63, 3.8) is 0 Å². The van der Waals surface area contributed by atoms with Crippen LogP contribution in [-0.4, -0.2) is 27.3 Å². The van der Waals surface area contributed by atoms with E-state index < -0.39 is 0 Å². The van der Waals surface area contributed by atoms with E-state index in [1.54, 1.807) is 30.6 Å². The van der Waals surface area contributed by atoms with E-state index >= 15 is 0 Å². The van der Waals surface area contributed by atoms with Crippen LogP contribution in [0.15, 0.2) is 83.5 Å². The molecule has 0 bridgehead atoms. The van der Waals surface area contributed by atoms with E-state index in [9.17, 15) is 9.18 Å². The predicted octanol–water partition coefficient (Wildman–Crippen LogP) is 5.76. The van der Waals surface area contributed by atoms with Gasteiger partial charge in [-0.2, -0.15) is 0 Å². The number of hydrogen-bond donors (Lipinski definition) is 0. The maximum atomic E-state index is 13.6. The van der Waals surface area contributed by atoms with E-state index in [1.165, 1.54) is 12.1 Å². The lowest BCUT2D eigenvalue weighted by molar-refractivity contribution is 0.0570. The van der Waals surface area contributed by atoms with Gasteiger partial charge in [0.05, 0.1) is 6.20 Å². The highest BCUT2D eigenvalue weighted by atomic mass is 19.1. The number of hydrogen-bond acceptors (Lipinski definition) is 4. The Balaban J connectivity index is 1.34. The smallest absolute Gasteiger partial charge is 0.254 e. The molecule has 1 atom stereocenters. The summed E-state index contributed by atoms with van der Waals surface area (Å²) in [5.41, 5.74) is 3.28. The molecule has 1 fully saturated rings. The van der Waals surface area contributed by atoms with Crippen LogP contribution in [0.25, 0.3) is 0 Å². The first-order chi connectivity index (χ1) is 16.7. The lowest BCUT2D eigenvalue weighted by atomic mass is 10.0. The Labute approximate surface area is 198 Å². The summed E-state index contributed by atoms with van der Waals surface area (Å²) in [6.45, 7) is 0.654. The fraction of sp³-hybridized carbons (Fsp3) is 0.250. The van der Waals surface area contributed by atoms with Crippen molar-refractivity contribution in [2.75, 3.05) is 6.54 Å². The topological polar surface area (TPSA) is 59.2 Å².